The van der Waals surface area contributed by atoms with Crippen LogP contribution in [0.25, 0.3) is 0 Å². The van der Waals surface area contributed by atoms with E-state index in [0.717, 1.165) is 12.2 Å². The average Bonchev–Trinajstić information content (AvgIpc) is 2.37. The zero-order chi connectivity index (χ0) is 14.3. The van der Waals surface area contributed by atoms with Gasteiger partial charge in [0, 0.05) is 18.3 Å². The van der Waals surface area contributed by atoms with E-state index >= 15 is 0 Å². The minimum absolute atomic E-state index is 0.00850. The molecule has 7 heteroatoms. The topological polar surface area (TPSA) is 96.2 Å². The van der Waals surface area contributed by atoms with Crippen molar-refractivity contribution < 1.29 is 4.79 Å². The van der Waals surface area contributed by atoms with Crippen LogP contribution < -0.4 is 16.6 Å². The van der Waals surface area contributed by atoms with Gasteiger partial charge in [0.25, 0.3) is 0 Å². The van der Waals surface area contributed by atoms with Crippen LogP contribution in [0.3, 0.4) is 0 Å². The van der Waals surface area contributed by atoms with Gasteiger partial charge >= 0.3 is 0 Å². The molecule has 0 bridgehead atoms. The first kappa shape index (κ1) is 15.3. The van der Waals surface area contributed by atoms with Crippen LogP contribution in [0.1, 0.15) is 25.4 Å². The summed E-state index contributed by atoms with van der Waals surface area (Å²) < 4.78 is 0. The Morgan fingerprint density at radius 1 is 1.42 bits per heavy atom. The number of hydrogen-bond acceptors (Lipinski definition) is 6. The molecular weight excluding hydrogens is 244 g/mol. The molecule has 0 saturated heterocycles. The van der Waals surface area contributed by atoms with Crippen LogP contribution in [0.5, 0.6) is 0 Å². The van der Waals surface area contributed by atoms with Crippen LogP contribution in [0.2, 0.25) is 0 Å². The number of amides is 1. The average molecular weight is 266 g/mol. The second-order valence-corrected chi connectivity index (χ2v) is 4.21. The fraction of sp³-hybridized carbons (Fsp3) is 0.583. The first-order valence-electron chi connectivity index (χ1n) is 6.39. The van der Waals surface area contributed by atoms with Gasteiger partial charge in [-0.15, -0.1) is 0 Å². The van der Waals surface area contributed by atoms with Crippen molar-refractivity contribution >= 4 is 11.7 Å². The van der Waals surface area contributed by atoms with E-state index in [1.807, 2.05) is 25.7 Å². The van der Waals surface area contributed by atoms with Gasteiger partial charge in [-0.1, -0.05) is 6.92 Å². The van der Waals surface area contributed by atoms with Gasteiger partial charge in [-0.05, 0) is 20.4 Å². The van der Waals surface area contributed by atoms with Crippen LogP contribution in [0, 0.1) is 6.92 Å². The Morgan fingerprint density at radius 2 is 2.16 bits per heavy atom. The monoisotopic (exact) mass is 266 g/mol. The number of nitrogens with one attached hydrogen (secondary N) is 2. The molecule has 1 rings (SSSR count). The van der Waals surface area contributed by atoms with Crippen molar-refractivity contribution in [3.63, 3.8) is 0 Å². The van der Waals surface area contributed by atoms with Crippen LogP contribution in [0.4, 0.5) is 5.82 Å². The number of carbonyl (C=O) groups is 1. The smallest absolute Gasteiger partial charge is 0.234 e. The third kappa shape index (κ3) is 5.19. The Labute approximate surface area is 113 Å². The van der Waals surface area contributed by atoms with Gasteiger partial charge in [0.15, 0.2) is 0 Å². The highest BCUT2D eigenvalue weighted by Crippen LogP contribution is 2.06. The van der Waals surface area contributed by atoms with Gasteiger partial charge < -0.3 is 10.7 Å². The molecule has 0 radical (unpaired) electrons. The lowest BCUT2D eigenvalue weighted by Crippen LogP contribution is -2.37. The number of nitrogens with zero attached hydrogens (tertiary/aromatic N) is 3. The van der Waals surface area contributed by atoms with Crippen molar-refractivity contribution in [2.24, 2.45) is 5.84 Å². The SMILES string of the molecule is CCNC(=O)CN(CC)Cc1nc(C)cc(NN)n1. The van der Waals surface area contributed by atoms with Crippen LogP contribution in [-0.4, -0.2) is 40.4 Å². The summed E-state index contributed by atoms with van der Waals surface area (Å²) in [6.45, 7) is 8.02. The van der Waals surface area contributed by atoms with E-state index in [4.69, 9.17) is 5.84 Å². The minimum atomic E-state index is 0.00850. The first-order valence-corrected chi connectivity index (χ1v) is 6.39. The second-order valence-electron chi connectivity index (χ2n) is 4.21. The number of anilines is 1. The van der Waals surface area contributed by atoms with Crippen LogP contribution >= 0.6 is 0 Å². The molecule has 0 atom stereocenters. The lowest BCUT2D eigenvalue weighted by atomic mass is 10.3. The van der Waals surface area contributed by atoms with Gasteiger partial charge in [0.2, 0.25) is 5.91 Å². The number of carbonyl (C=O) groups excluding carboxylic acids is 1. The Kier molecular flexibility index (Phi) is 6.17. The highest BCUT2D eigenvalue weighted by Gasteiger charge is 2.11. The second kappa shape index (κ2) is 7.65. The number of hydrogen-bond donors (Lipinski definition) is 3. The molecule has 0 aromatic carbocycles. The lowest BCUT2D eigenvalue weighted by molar-refractivity contribution is -0.122. The standard InChI is InChI=1S/C12H22N6O/c1-4-14-12(19)8-18(5-2)7-11-15-9(3)6-10(16-11)17-13/h6H,4-5,7-8,13H2,1-3H3,(H,14,19)(H,15,16,17). The molecule has 19 heavy (non-hydrogen) atoms. The van der Waals surface area contributed by atoms with E-state index in [-0.39, 0.29) is 5.91 Å². The summed E-state index contributed by atoms with van der Waals surface area (Å²) in [6, 6.07) is 1.77. The molecule has 0 aliphatic carbocycles. The number of likely N-dealkylation sites (N-methyl/N-ethyl adjacent to an activating group) is 2. The van der Waals surface area contributed by atoms with Crippen molar-refractivity contribution in [3.8, 4) is 0 Å². The maximum absolute atomic E-state index is 11.6. The van der Waals surface area contributed by atoms with E-state index in [9.17, 15) is 4.79 Å². The maximum Gasteiger partial charge on any atom is 0.234 e. The van der Waals surface area contributed by atoms with Crippen LogP contribution in [-0.2, 0) is 11.3 Å². The molecule has 0 unspecified atom stereocenters. The molecule has 1 amide bonds. The quantitative estimate of drug-likeness (QED) is 0.476. The summed E-state index contributed by atoms with van der Waals surface area (Å²) in [5.41, 5.74) is 3.35. The molecule has 4 N–H and O–H groups in total. The molecule has 0 aliphatic rings. The molecular formula is C12H22N6O. The molecule has 1 aromatic heterocycles. The number of rotatable bonds is 7. The number of aromatic nitrogens is 2. The maximum atomic E-state index is 11.6. The van der Waals surface area contributed by atoms with Crippen molar-refractivity contribution in [1.82, 2.24) is 20.2 Å². The molecule has 0 fully saturated rings. The van der Waals surface area contributed by atoms with Crippen molar-refractivity contribution in [1.29, 1.82) is 0 Å². The highest BCUT2D eigenvalue weighted by atomic mass is 16.2. The Hall–Kier alpha value is -1.73. The number of aryl methyl sites for hydroxylation is 1. The van der Waals surface area contributed by atoms with Gasteiger partial charge in [-0.2, -0.15) is 0 Å². The molecule has 0 spiro atoms. The summed E-state index contributed by atoms with van der Waals surface area (Å²) in [5, 5.41) is 2.78. The summed E-state index contributed by atoms with van der Waals surface area (Å²) in [5.74, 6) is 6.59. The Balaban J connectivity index is 2.69. The van der Waals surface area contributed by atoms with E-state index in [0.29, 0.717) is 31.3 Å². The number of nitrogen functional groups attached to an aromatic ring is 1. The summed E-state index contributed by atoms with van der Waals surface area (Å²) in [6.07, 6.45) is 0. The van der Waals surface area contributed by atoms with Crippen molar-refractivity contribution in [2.75, 3.05) is 25.1 Å². The fourth-order valence-electron chi connectivity index (χ4n) is 1.71. The number of hydrazine groups is 1. The summed E-state index contributed by atoms with van der Waals surface area (Å²) >= 11 is 0. The van der Waals surface area contributed by atoms with Gasteiger partial charge in [0.1, 0.15) is 11.6 Å². The van der Waals surface area contributed by atoms with E-state index < -0.39 is 0 Å². The number of nitrogens with two attached hydrogens (primary N) is 1. The first-order chi connectivity index (χ1) is 9.08. The normalized spacial score (nSPS) is 10.6. The van der Waals surface area contributed by atoms with Gasteiger partial charge in [-0.25, -0.2) is 15.8 Å². The summed E-state index contributed by atoms with van der Waals surface area (Å²) in [7, 11) is 0. The third-order valence-electron chi connectivity index (χ3n) is 2.60. The van der Waals surface area contributed by atoms with Crippen LogP contribution in [0.15, 0.2) is 6.07 Å². The Bertz CT molecular complexity index is 423. The van der Waals surface area contributed by atoms with E-state index in [1.54, 1.807) is 6.07 Å². The predicted octanol–water partition coefficient (Wildman–Crippen LogP) is 0.0286. The third-order valence-corrected chi connectivity index (χ3v) is 2.60. The van der Waals surface area contributed by atoms with E-state index in [1.165, 1.54) is 0 Å². The zero-order valence-corrected chi connectivity index (χ0v) is 11.7. The lowest BCUT2D eigenvalue weighted by Gasteiger charge is -2.19. The fourth-order valence-corrected chi connectivity index (χ4v) is 1.71. The molecule has 7 nitrogen and oxygen atoms in total. The molecule has 1 aromatic rings. The van der Waals surface area contributed by atoms with Crippen molar-refractivity contribution in [2.45, 2.75) is 27.3 Å². The van der Waals surface area contributed by atoms with E-state index in [2.05, 4.69) is 20.7 Å². The molecule has 0 aliphatic heterocycles. The molecule has 106 valence electrons. The highest BCUT2D eigenvalue weighted by molar-refractivity contribution is 5.77. The predicted molar refractivity (Wildman–Crippen MR) is 74.2 cm³/mol. The van der Waals surface area contributed by atoms with Crippen molar-refractivity contribution in [3.05, 3.63) is 17.6 Å². The molecule has 0 saturated carbocycles. The summed E-state index contributed by atoms with van der Waals surface area (Å²) in [4.78, 5) is 22.2. The largest absolute Gasteiger partial charge is 0.355 e. The van der Waals surface area contributed by atoms with Gasteiger partial charge in [0.05, 0.1) is 13.1 Å². The zero-order valence-electron chi connectivity index (χ0n) is 11.7. The minimum Gasteiger partial charge on any atom is -0.355 e. The Morgan fingerprint density at radius 3 is 2.74 bits per heavy atom. The molecule has 1 heterocycles. The van der Waals surface area contributed by atoms with Gasteiger partial charge in [-0.3, -0.25) is 9.69 Å².